The molecule has 0 spiro atoms. The number of hydrogen-bond acceptors (Lipinski definition) is 6. The van der Waals surface area contributed by atoms with Crippen LogP contribution in [0.3, 0.4) is 0 Å². The zero-order chi connectivity index (χ0) is 9.10. The van der Waals surface area contributed by atoms with Gasteiger partial charge in [0.25, 0.3) is 0 Å². The van der Waals surface area contributed by atoms with Crippen molar-refractivity contribution in [2.75, 3.05) is 11.9 Å². The van der Waals surface area contributed by atoms with Crippen LogP contribution in [0.1, 0.15) is 6.92 Å². The molecule has 0 aromatic carbocycles. The van der Waals surface area contributed by atoms with Gasteiger partial charge in [0.05, 0.1) is 10.4 Å². The van der Waals surface area contributed by atoms with E-state index in [-0.39, 0.29) is 0 Å². The first-order chi connectivity index (χ1) is 6.40. The largest absolute Gasteiger partial charge is 0.361 e. The Balaban J connectivity index is 2.23. The van der Waals surface area contributed by atoms with Crippen LogP contribution in [0.2, 0.25) is 0 Å². The Morgan fingerprint density at radius 2 is 2.46 bits per heavy atom. The van der Waals surface area contributed by atoms with E-state index in [0.717, 1.165) is 22.4 Å². The highest BCUT2D eigenvalue weighted by molar-refractivity contribution is 7.13. The molecule has 0 saturated heterocycles. The Hall–Kier alpha value is -1.01. The molecule has 6 heteroatoms. The number of thiazole rings is 1. The maximum absolute atomic E-state index is 4.31. The average Bonchev–Trinajstić information content (AvgIpc) is 2.70. The molecular formula is C7H8N4S2. The number of aromatic nitrogens is 3. The molecule has 2 aromatic rings. The van der Waals surface area contributed by atoms with Gasteiger partial charge in [0, 0.05) is 24.3 Å². The number of nitrogens with zero attached hydrogens (tertiary/aromatic N) is 3. The fourth-order valence-corrected chi connectivity index (χ4v) is 2.13. The summed E-state index contributed by atoms with van der Waals surface area (Å²) in [6.45, 7) is 2.91. The van der Waals surface area contributed by atoms with Gasteiger partial charge in [-0.25, -0.2) is 0 Å². The summed E-state index contributed by atoms with van der Waals surface area (Å²) < 4.78 is 4.22. The van der Waals surface area contributed by atoms with Crippen LogP contribution in [0.4, 0.5) is 5.13 Å². The van der Waals surface area contributed by atoms with Crippen LogP contribution >= 0.6 is 22.9 Å². The molecule has 0 fully saturated rings. The molecule has 2 aromatic heterocycles. The van der Waals surface area contributed by atoms with E-state index in [1.165, 1.54) is 11.5 Å². The van der Waals surface area contributed by atoms with E-state index in [9.17, 15) is 0 Å². The average molecular weight is 212 g/mol. The molecule has 0 bridgehead atoms. The summed E-state index contributed by atoms with van der Waals surface area (Å²) in [5.74, 6) is 0.767. The van der Waals surface area contributed by atoms with Crippen LogP contribution in [0.5, 0.6) is 0 Å². The molecule has 0 aliphatic carbocycles. The van der Waals surface area contributed by atoms with Crippen molar-refractivity contribution >= 4 is 28.0 Å². The van der Waals surface area contributed by atoms with E-state index >= 15 is 0 Å². The van der Waals surface area contributed by atoms with Gasteiger partial charge < -0.3 is 5.32 Å². The summed E-state index contributed by atoms with van der Waals surface area (Å²) in [5.41, 5.74) is 1.78. The molecule has 0 saturated carbocycles. The lowest BCUT2D eigenvalue weighted by molar-refractivity contribution is 1.19. The smallest absolute Gasteiger partial charge is 0.202 e. The van der Waals surface area contributed by atoms with Crippen LogP contribution in [0, 0.1) is 0 Å². The van der Waals surface area contributed by atoms with Crippen molar-refractivity contribution in [2.24, 2.45) is 0 Å². The van der Waals surface area contributed by atoms with Crippen LogP contribution < -0.4 is 5.32 Å². The van der Waals surface area contributed by atoms with E-state index in [2.05, 4.69) is 19.7 Å². The van der Waals surface area contributed by atoms with Crippen molar-refractivity contribution in [3.8, 4) is 10.7 Å². The summed E-state index contributed by atoms with van der Waals surface area (Å²) in [7, 11) is 0. The van der Waals surface area contributed by atoms with Crippen LogP contribution in [-0.2, 0) is 0 Å². The van der Waals surface area contributed by atoms with Gasteiger partial charge in [-0.15, -0.1) is 11.3 Å². The molecule has 1 N–H and O–H groups in total. The molecule has 0 radical (unpaired) electrons. The number of anilines is 1. The Kier molecular flexibility index (Phi) is 2.51. The van der Waals surface area contributed by atoms with Gasteiger partial charge >= 0.3 is 0 Å². The molecule has 68 valence electrons. The van der Waals surface area contributed by atoms with E-state index in [0.29, 0.717) is 0 Å². The second-order valence-corrected chi connectivity index (χ2v) is 3.96. The van der Waals surface area contributed by atoms with Crippen molar-refractivity contribution in [1.29, 1.82) is 0 Å². The fourth-order valence-electron chi connectivity index (χ4n) is 0.873. The second-order valence-electron chi connectivity index (χ2n) is 2.32. The molecule has 0 unspecified atom stereocenters. The summed E-state index contributed by atoms with van der Waals surface area (Å²) >= 11 is 2.93. The minimum Gasteiger partial charge on any atom is -0.361 e. The standard InChI is InChI=1S/C7H8N4S2/c1-2-9-7-10-6(11-13-7)5-3-8-4-12-5/h3-4H,2H2,1H3,(H,9,10,11). The number of hydrogen-bond donors (Lipinski definition) is 1. The van der Waals surface area contributed by atoms with Crippen molar-refractivity contribution in [3.63, 3.8) is 0 Å². The predicted octanol–water partition coefficient (Wildman–Crippen LogP) is 2.09. The molecule has 0 aliphatic heterocycles. The maximum Gasteiger partial charge on any atom is 0.202 e. The van der Waals surface area contributed by atoms with Crippen LogP contribution in [0.15, 0.2) is 11.7 Å². The molecule has 0 amide bonds. The number of rotatable bonds is 3. The van der Waals surface area contributed by atoms with Gasteiger partial charge in [-0.05, 0) is 6.92 Å². The van der Waals surface area contributed by atoms with E-state index < -0.39 is 0 Å². The quantitative estimate of drug-likeness (QED) is 0.846. The molecule has 13 heavy (non-hydrogen) atoms. The summed E-state index contributed by atoms with van der Waals surface area (Å²) in [4.78, 5) is 9.30. The molecule has 0 aliphatic rings. The van der Waals surface area contributed by atoms with Gasteiger partial charge in [0.2, 0.25) is 5.13 Å². The fraction of sp³-hybridized carbons (Fsp3) is 0.286. The highest BCUT2D eigenvalue weighted by atomic mass is 32.1. The molecular weight excluding hydrogens is 204 g/mol. The third kappa shape index (κ3) is 1.84. The van der Waals surface area contributed by atoms with Crippen molar-refractivity contribution in [2.45, 2.75) is 6.92 Å². The van der Waals surface area contributed by atoms with Crippen molar-refractivity contribution in [3.05, 3.63) is 11.7 Å². The second kappa shape index (κ2) is 3.80. The zero-order valence-electron chi connectivity index (χ0n) is 7.02. The van der Waals surface area contributed by atoms with Crippen LogP contribution in [-0.4, -0.2) is 20.9 Å². The lowest BCUT2D eigenvalue weighted by Crippen LogP contribution is -1.94. The zero-order valence-corrected chi connectivity index (χ0v) is 8.65. The highest BCUT2D eigenvalue weighted by Gasteiger charge is 2.06. The highest BCUT2D eigenvalue weighted by Crippen LogP contribution is 2.23. The first-order valence-corrected chi connectivity index (χ1v) is 5.52. The summed E-state index contributed by atoms with van der Waals surface area (Å²) in [5, 5.41) is 3.99. The van der Waals surface area contributed by atoms with Gasteiger partial charge in [-0.3, -0.25) is 4.98 Å². The van der Waals surface area contributed by atoms with Crippen LogP contribution in [0.25, 0.3) is 10.7 Å². The maximum atomic E-state index is 4.31. The topological polar surface area (TPSA) is 50.7 Å². The Bertz CT molecular complexity index is 368. The first-order valence-electron chi connectivity index (χ1n) is 3.86. The SMILES string of the molecule is CCNc1nc(-c2cncs2)ns1. The third-order valence-corrected chi connectivity index (χ3v) is 2.85. The number of nitrogens with one attached hydrogen (secondary N) is 1. The lowest BCUT2D eigenvalue weighted by atomic mass is 10.5. The Morgan fingerprint density at radius 1 is 1.54 bits per heavy atom. The Labute approximate surface area is 83.8 Å². The third-order valence-electron chi connectivity index (χ3n) is 1.41. The van der Waals surface area contributed by atoms with Gasteiger partial charge in [0.15, 0.2) is 5.82 Å². The van der Waals surface area contributed by atoms with E-state index in [4.69, 9.17) is 0 Å². The predicted molar refractivity (Wildman–Crippen MR) is 55.2 cm³/mol. The van der Waals surface area contributed by atoms with Crippen molar-refractivity contribution < 1.29 is 0 Å². The normalized spacial score (nSPS) is 10.2. The monoisotopic (exact) mass is 212 g/mol. The molecule has 2 heterocycles. The van der Waals surface area contributed by atoms with Gasteiger partial charge in [0.1, 0.15) is 0 Å². The minimum absolute atomic E-state index is 0.767. The van der Waals surface area contributed by atoms with Crippen molar-refractivity contribution in [1.82, 2.24) is 14.3 Å². The summed E-state index contributed by atoms with van der Waals surface area (Å²) in [6, 6.07) is 0. The summed E-state index contributed by atoms with van der Waals surface area (Å²) in [6.07, 6.45) is 1.78. The first kappa shape index (κ1) is 8.58. The van der Waals surface area contributed by atoms with E-state index in [1.807, 2.05) is 6.92 Å². The van der Waals surface area contributed by atoms with Gasteiger partial charge in [-0.1, -0.05) is 0 Å². The Morgan fingerprint density at radius 3 is 3.15 bits per heavy atom. The lowest BCUT2D eigenvalue weighted by Gasteiger charge is -1.91. The molecule has 0 atom stereocenters. The van der Waals surface area contributed by atoms with Gasteiger partial charge in [-0.2, -0.15) is 9.36 Å². The molecule has 2 rings (SSSR count). The molecule has 4 nitrogen and oxygen atoms in total. The van der Waals surface area contributed by atoms with E-state index in [1.54, 1.807) is 23.0 Å². The minimum atomic E-state index is 0.767.